The van der Waals surface area contributed by atoms with Crippen LogP contribution in [0.15, 0.2) is 340 Å². The average molecular weight is 1520 g/mol. The molecule has 0 spiro atoms. The van der Waals surface area contributed by atoms with E-state index in [4.69, 9.17) is 44.9 Å². The summed E-state index contributed by atoms with van der Waals surface area (Å²) < 4.78 is 0. The Morgan fingerprint density at radius 3 is 0.915 bits per heavy atom. The Morgan fingerprint density at radius 1 is 0.195 bits per heavy atom. The first kappa shape index (κ1) is 71.3. The third-order valence-electron chi connectivity index (χ3n) is 24.9. The third-order valence-corrected chi connectivity index (χ3v) is 24.9. The molecule has 6 aromatic heterocycles. The highest BCUT2D eigenvalue weighted by molar-refractivity contribution is 6.05. The quantitative estimate of drug-likeness (QED) is 0.123. The predicted molar refractivity (Wildman–Crippen MR) is 478 cm³/mol. The Morgan fingerprint density at radius 2 is 0.508 bits per heavy atom. The summed E-state index contributed by atoms with van der Waals surface area (Å²) in [5, 5.41) is 2.32. The summed E-state index contributed by atoms with van der Waals surface area (Å²) in [6.45, 7) is 18.3. The molecule has 0 bridgehead atoms. The smallest absolute Gasteiger partial charge is 0.161 e. The Hall–Kier alpha value is -14.5. The minimum Gasteiger partial charge on any atom is -0.264 e. The van der Waals surface area contributed by atoms with E-state index >= 15 is 0 Å². The highest BCUT2D eigenvalue weighted by Gasteiger charge is 2.45. The van der Waals surface area contributed by atoms with Crippen LogP contribution >= 0.6 is 0 Å². The number of rotatable bonds is 11. The standard InChI is InChI=1S/C59H43N5.C49H37N5/c1-58(2)47-25-15-13-23-45(47)54-50(58)52(61-56(63-54)38-17-7-5-8-18-38)37-29-27-36(28-30-37)41-32-33-44(43-22-12-11-21-42(41)43)49-34-31-40(35-60-49)53-51-55(46-24-14-16-26-48(46)59(51,3)4)64-57(62-53)39-19-9-6-10-20-39;1-48(2)38-21-10-8-19-36(38)44-40(48)42(51-47(54-44)35-18-13-27-50-29-35)31-25-23-30(24-26-31)33-16-12-17-34(28-33)43-41-45(37-20-9-11-22-39(37)49(41,3)4)53-46(52-43)32-14-6-5-7-15-32/h5-35H,1-4H3;5-29H,1-4H3. The molecular formula is C108H80N10. The summed E-state index contributed by atoms with van der Waals surface area (Å²) in [4.78, 5) is 51.5. The Labute approximate surface area is 687 Å². The molecule has 0 saturated carbocycles. The molecule has 10 nitrogen and oxygen atoms in total. The van der Waals surface area contributed by atoms with Crippen molar-refractivity contribution in [1.29, 1.82) is 0 Å². The van der Waals surface area contributed by atoms with Gasteiger partial charge < -0.3 is 0 Å². The Bertz CT molecular complexity index is 6830. The van der Waals surface area contributed by atoms with Crippen LogP contribution in [0.3, 0.4) is 0 Å². The number of pyridine rings is 2. The molecule has 18 aromatic rings. The highest BCUT2D eigenvalue weighted by Crippen LogP contribution is 2.57. The lowest BCUT2D eigenvalue weighted by atomic mass is 9.80. The van der Waals surface area contributed by atoms with Crippen molar-refractivity contribution in [3.05, 3.63) is 385 Å². The van der Waals surface area contributed by atoms with Crippen LogP contribution in [0.25, 0.3) is 180 Å². The van der Waals surface area contributed by atoms with Crippen molar-refractivity contribution in [2.45, 2.75) is 77.0 Å². The fourth-order valence-corrected chi connectivity index (χ4v) is 19.0. The van der Waals surface area contributed by atoms with Gasteiger partial charge in [-0.15, -0.1) is 0 Å². The summed E-state index contributed by atoms with van der Waals surface area (Å²) in [7, 11) is 0. The summed E-state index contributed by atoms with van der Waals surface area (Å²) in [5.74, 6) is 2.87. The van der Waals surface area contributed by atoms with Crippen LogP contribution in [0.4, 0.5) is 0 Å². The van der Waals surface area contributed by atoms with Crippen LogP contribution < -0.4 is 0 Å². The molecular weight excluding hydrogens is 1440 g/mol. The van der Waals surface area contributed by atoms with Crippen LogP contribution in [0.1, 0.15) is 99.9 Å². The molecule has 0 unspecified atom stereocenters. The van der Waals surface area contributed by atoms with Crippen LogP contribution in [0.5, 0.6) is 0 Å². The van der Waals surface area contributed by atoms with Gasteiger partial charge in [-0.2, -0.15) is 0 Å². The second-order valence-corrected chi connectivity index (χ2v) is 33.4. The first-order chi connectivity index (χ1) is 57.5. The summed E-state index contributed by atoms with van der Waals surface area (Å²) in [5.41, 5.74) is 35.8. The molecule has 0 radical (unpaired) electrons. The lowest BCUT2D eigenvalue weighted by molar-refractivity contribution is 0.657. The second kappa shape index (κ2) is 27.6. The van der Waals surface area contributed by atoms with Crippen molar-refractivity contribution in [3.8, 4) is 169 Å². The summed E-state index contributed by atoms with van der Waals surface area (Å²) in [6, 6.07) is 113. The fraction of sp³-hybridized carbons (Fsp3) is 0.111. The van der Waals surface area contributed by atoms with Gasteiger partial charge in [0.15, 0.2) is 23.3 Å². The molecule has 10 heteroatoms. The number of nitrogens with zero attached hydrogens (tertiary/aromatic N) is 10. The maximum absolute atomic E-state index is 5.32. The first-order valence-corrected chi connectivity index (χ1v) is 40.5. The van der Waals surface area contributed by atoms with Gasteiger partial charge in [-0.3, -0.25) is 9.97 Å². The maximum atomic E-state index is 5.32. The molecule has 0 N–H and O–H groups in total. The minimum atomic E-state index is -0.276. The molecule has 12 aromatic carbocycles. The van der Waals surface area contributed by atoms with Crippen LogP contribution in [0, 0.1) is 0 Å². The summed E-state index contributed by atoms with van der Waals surface area (Å²) in [6.07, 6.45) is 5.60. The minimum absolute atomic E-state index is 0.254. The van der Waals surface area contributed by atoms with Crippen LogP contribution in [0.2, 0.25) is 0 Å². The monoisotopic (exact) mass is 1520 g/mol. The van der Waals surface area contributed by atoms with Crippen LogP contribution in [-0.4, -0.2) is 49.8 Å². The van der Waals surface area contributed by atoms with Gasteiger partial charge in [-0.05, 0) is 85.6 Å². The van der Waals surface area contributed by atoms with Gasteiger partial charge in [0.25, 0.3) is 0 Å². The van der Waals surface area contributed by atoms with Crippen molar-refractivity contribution in [3.63, 3.8) is 0 Å². The molecule has 4 aliphatic rings. The zero-order valence-electron chi connectivity index (χ0n) is 66.8. The largest absolute Gasteiger partial charge is 0.264 e. The number of hydrogen-bond donors (Lipinski definition) is 0. The van der Waals surface area contributed by atoms with Crippen molar-refractivity contribution >= 4 is 10.8 Å². The van der Waals surface area contributed by atoms with Gasteiger partial charge in [0.2, 0.25) is 0 Å². The van der Waals surface area contributed by atoms with E-state index in [-0.39, 0.29) is 21.7 Å². The number of hydrogen-bond acceptors (Lipinski definition) is 10. The van der Waals surface area contributed by atoms with E-state index in [9.17, 15) is 0 Å². The molecule has 6 heterocycles. The number of fused-ring (bicyclic) bond motifs is 13. The lowest BCUT2D eigenvalue weighted by Crippen LogP contribution is -2.17. The van der Waals surface area contributed by atoms with Crippen molar-refractivity contribution < 1.29 is 0 Å². The predicted octanol–water partition coefficient (Wildman–Crippen LogP) is 26.0. The topological polar surface area (TPSA) is 129 Å². The zero-order chi connectivity index (χ0) is 79.8. The van der Waals surface area contributed by atoms with Crippen molar-refractivity contribution in [2.24, 2.45) is 0 Å². The second-order valence-electron chi connectivity index (χ2n) is 33.4. The highest BCUT2D eigenvalue weighted by atomic mass is 14.9. The zero-order valence-corrected chi connectivity index (χ0v) is 66.8. The van der Waals surface area contributed by atoms with E-state index in [2.05, 4.69) is 315 Å². The van der Waals surface area contributed by atoms with Crippen molar-refractivity contribution in [2.75, 3.05) is 0 Å². The van der Waals surface area contributed by atoms with Gasteiger partial charge in [0.05, 0.1) is 51.2 Å². The van der Waals surface area contributed by atoms with Gasteiger partial charge in [-0.25, -0.2) is 39.9 Å². The Kier molecular flexibility index (Phi) is 16.7. The van der Waals surface area contributed by atoms with E-state index in [1.54, 1.807) is 6.20 Å². The number of benzene rings is 12. The van der Waals surface area contributed by atoms with E-state index < -0.39 is 0 Å². The summed E-state index contributed by atoms with van der Waals surface area (Å²) >= 11 is 0. The first-order valence-electron chi connectivity index (χ1n) is 40.5. The SMILES string of the molecule is CC1(C)c2ccccc2-c2nc(-c3ccccc3)nc(-c3ccc(-c4ccc(-c5ccc(-c6nc(-c7ccccc7)nc7c6C(C)(C)c6ccccc6-7)cn5)c5ccccc45)cc3)c21.CC1(C)c2ccccc2-c2nc(-c3cccnc3)nc(-c3ccc(-c4cccc(-c5nc(-c6ccccc6)nc6c5C(C)(C)c5ccccc5-6)c4)cc3)c21. The maximum Gasteiger partial charge on any atom is 0.161 e. The van der Waals surface area contributed by atoms with Crippen molar-refractivity contribution in [1.82, 2.24) is 49.8 Å². The van der Waals surface area contributed by atoms with Gasteiger partial charge in [0.1, 0.15) is 0 Å². The lowest BCUT2D eigenvalue weighted by Gasteiger charge is -2.24. The normalized spacial score (nSPS) is 14.0. The van der Waals surface area contributed by atoms with Gasteiger partial charge >= 0.3 is 0 Å². The molecule has 562 valence electrons. The van der Waals surface area contributed by atoms with Crippen LogP contribution in [-0.2, 0) is 21.7 Å². The van der Waals surface area contributed by atoms with E-state index in [1.807, 2.05) is 79.1 Å². The Balaban J connectivity index is 0.000000149. The third kappa shape index (κ3) is 11.6. The van der Waals surface area contributed by atoms with Gasteiger partial charge in [0, 0.05) is 135 Å². The molecule has 4 aliphatic carbocycles. The molecule has 22 rings (SSSR count). The number of aromatic nitrogens is 10. The molecule has 0 amide bonds. The van der Waals surface area contributed by atoms with E-state index in [0.717, 1.165) is 152 Å². The van der Waals surface area contributed by atoms with E-state index in [0.29, 0.717) is 11.6 Å². The van der Waals surface area contributed by atoms with Gasteiger partial charge in [-0.1, -0.05) is 347 Å². The van der Waals surface area contributed by atoms with E-state index in [1.165, 1.54) is 61.0 Å². The molecule has 0 saturated heterocycles. The molecule has 0 aliphatic heterocycles. The molecule has 0 atom stereocenters. The molecule has 0 fully saturated rings. The average Bonchev–Trinajstić information content (AvgIpc) is 1.56. The molecule has 118 heavy (non-hydrogen) atoms. The fourth-order valence-electron chi connectivity index (χ4n) is 19.0.